The molecule has 4 rings (SSSR count). The molecule has 0 saturated carbocycles. The first kappa shape index (κ1) is 18.5. The van der Waals surface area contributed by atoms with Crippen molar-refractivity contribution in [3.63, 3.8) is 0 Å². The van der Waals surface area contributed by atoms with Crippen molar-refractivity contribution >= 4 is 44.9 Å². The van der Waals surface area contributed by atoms with E-state index in [1.165, 1.54) is 0 Å². The van der Waals surface area contributed by atoms with E-state index in [0.717, 1.165) is 32.9 Å². The average Bonchev–Trinajstić information content (AvgIpc) is 2.73. The molecule has 29 heavy (non-hydrogen) atoms. The van der Waals surface area contributed by atoms with Crippen LogP contribution in [-0.4, -0.2) is 22.2 Å². The number of benzene rings is 4. The molecule has 0 unspecified atom stereocenters. The third kappa shape index (κ3) is 3.62. The molecule has 0 aliphatic rings. The van der Waals surface area contributed by atoms with Crippen molar-refractivity contribution in [3.8, 4) is 0 Å². The van der Waals surface area contributed by atoms with E-state index in [4.69, 9.17) is 0 Å². The molecule has 0 atom stereocenters. The van der Waals surface area contributed by atoms with Gasteiger partial charge in [0.2, 0.25) is 0 Å². The van der Waals surface area contributed by atoms with Gasteiger partial charge in [-0.15, -0.1) is 0 Å². The van der Waals surface area contributed by atoms with Gasteiger partial charge in [0.25, 0.3) is 0 Å². The largest absolute Gasteiger partial charge is 0.481 e. The van der Waals surface area contributed by atoms with Crippen LogP contribution in [0.3, 0.4) is 0 Å². The molecule has 0 amide bonds. The van der Waals surface area contributed by atoms with Crippen molar-refractivity contribution in [2.24, 2.45) is 5.92 Å². The number of aliphatic carboxylic acids is 2. The van der Waals surface area contributed by atoms with Gasteiger partial charge in [0.15, 0.2) is 5.92 Å². The average molecular weight is 385 g/mol. The van der Waals surface area contributed by atoms with Crippen LogP contribution in [0, 0.1) is 5.92 Å². The molecule has 0 bridgehead atoms. The highest BCUT2D eigenvalue weighted by Crippen LogP contribution is 2.35. The van der Waals surface area contributed by atoms with Crippen LogP contribution in [0.25, 0.3) is 21.5 Å². The second-order valence-electron chi connectivity index (χ2n) is 6.91. The number of anilines is 2. The summed E-state index contributed by atoms with van der Waals surface area (Å²) in [5.41, 5.74) is 2.22. The maximum absolute atomic E-state index is 11.5. The molecule has 4 aromatic carbocycles. The Morgan fingerprint density at radius 2 is 1.38 bits per heavy atom. The van der Waals surface area contributed by atoms with Gasteiger partial charge in [0.05, 0.1) is 0 Å². The third-order valence-corrected chi connectivity index (χ3v) is 5.08. The molecule has 3 N–H and O–H groups in total. The van der Waals surface area contributed by atoms with Gasteiger partial charge < -0.3 is 15.5 Å². The molecule has 4 aromatic rings. The van der Waals surface area contributed by atoms with Crippen LogP contribution in [0.15, 0.2) is 78.9 Å². The van der Waals surface area contributed by atoms with Crippen molar-refractivity contribution in [1.29, 1.82) is 0 Å². The molecule has 0 aromatic heterocycles. The molecule has 0 saturated heterocycles. The Kier molecular flexibility index (Phi) is 4.87. The highest BCUT2D eigenvalue weighted by Gasteiger charge is 2.27. The van der Waals surface area contributed by atoms with E-state index in [-0.39, 0.29) is 6.42 Å². The fourth-order valence-electron chi connectivity index (χ4n) is 3.62. The van der Waals surface area contributed by atoms with Crippen molar-refractivity contribution in [3.05, 3.63) is 84.4 Å². The quantitative estimate of drug-likeness (QED) is 0.319. The highest BCUT2D eigenvalue weighted by atomic mass is 16.4. The van der Waals surface area contributed by atoms with Gasteiger partial charge in [-0.3, -0.25) is 9.59 Å². The minimum absolute atomic E-state index is 0.109. The molecule has 144 valence electrons. The molecule has 0 aliphatic heterocycles. The van der Waals surface area contributed by atoms with Crippen LogP contribution in [-0.2, 0) is 16.0 Å². The number of rotatable bonds is 6. The fourth-order valence-corrected chi connectivity index (χ4v) is 3.62. The Balaban J connectivity index is 1.92. The number of carboxylic acid groups (broad SMARTS) is 2. The molecule has 5 heteroatoms. The molecular formula is C24H19NO4. The molecular weight excluding hydrogens is 366 g/mol. The maximum Gasteiger partial charge on any atom is 0.318 e. The predicted octanol–water partition coefficient (Wildman–Crippen LogP) is 5.06. The van der Waals surface area contributed by atoms with Crippen LogP contribution >= 0.6 is 0 Å². The van der Waals surface area contributed by atoms with Crippen LogP contribution in [0.5, 0.6) is 0 Å². The van der Waals surface area contributed by atoms with Gasteiger partial charge in [0, 0.05) is 16.8 Å². The summed E-state index contributed by atoms with van der Waals surface area (Å²) < 4.78 is 0. The second-order valence-corrected chi connectivity index (χ2v) is 6.91. The van der Waals surface area contributed by atoms with Gasteiger partial charge in [0.1, 0.15) is 0 Å². The Labute approximate surface area is 167 Å². The first-order valence-corrected chi connectivity index (χ1v) is 9.25. The first-order chi connectivity index (χ1) is 14.0. The number of para-hydroxylation sites is 1. The smallest absolute Gasteiger partial charge is 0.318 e. The summed E-state index contributed by atoms with van der Waals surface area (Å²) in [6, 6.07) is 25.3. The van der Waals surface area contributed by atoms with Gasteiger partial charge >= 0.3 is 11.9 Å². The molecule has 0 radical (unpaired) electrons. The van der Waals surface area contributed by atoms with Gasteiger partial charge in [-0.2, -0.15) is 0 Å². The molecule has 5 nitrogen and oxygen atoms in total. The van der Waals surface area contributed by atoms with Crippen LogP contribution < -0.4 is 5.32 Å². The van der Waals surface area contributed by atoms with Crippen molar-refractivity contribution in [2.75, 3.05) is 5.32 Å². The van der Waals surface area contributed by atoms with E-state index in [0.29, 0.717) is 5.56 Å². The van der Waals surface area contributed by atoms with Crippen LogP contribution in [0.4, 0.5) is 11.4 Å². The van der Waals surface area contributed by atoms with Crippen LogP contribution in [0.2, 0.25) is 0 Å². The third-order valence-electron chi connectivity index (χ3n) is 5.08. The van der Waals surface area contributed by atoms with E-state index < -0.39 is 17.9 Å². The van der Waals surface area contributed by atoms with Crippen molar-refractivity contribution in [2.45, 2.75) is 6.42 Å². The molecule has 0 heterocycles. The summed E-state index contributed by atoms with van der Waals surface area (Å²) in [6.07, 6.45) is -0.109. The minimum Gasteiger partial charge on any atom is -0.481 e. The zero-order valence-corrected chi connectivity index (χ0v) is 15.5. The van der Waals surface area contributed by atoms with Gasteiger partial charge in [-0.05, 0) is 40.3 Å². The van der Waals surface area contributed by atoms with Crippen molar-refractivity contribution in [1.82, 2.24) is 0 Å². The Morgan fingerprint density at radius 1 is 0.724 bits per heavy atom. The van der Waals surface area contributed by atoms with E-state index in [2.05, 4.69) is 5.32 Å². The summed E-state index contributed by atoms with van der Waals surface area (Å²) in [6.45, 7) is 0. The summed E-state index contributed by atoms with van der Waals surface area (Å²) in [5, 5.41) is 26.2. The minimum atomic E-state index is -1.51. The first-order valence-electron chi connectivity index (χ1n) is 9.25. The van der Waals surface area contributed by atoms with E-state index >= 15 is 0 Å². The van der Waals surface area contributed by atoms with Gasteiger partial charge in [-0.25, -0.2) is 0 Å². The second kappa shape index (κ2) is 7.64. The number of carboxylic acids is 2. The zero-order chi connectivity index (χ0) is 20.4. The van der Waals surface area contributed by atoms with E-state index in [9.17, 15) is 19.8 Å². The summed E-state index contributed by atoms with van der Waals surface area (Å²) >= 11 is 0. The van der Waals surface area contributed by atoms with Crippen molar-refractivity contribution < 1.29 is 19.8 Å². The standard InChI is InChI=1S/C24H19NO4/c26-23(27)21(24(28)29)14-16-11-12-19-18-9-5-4-6-15(18)10-13-20(19)22(16)25-17-7-2-1-3-8-17/h1-13,21,25H,14H2,(H,26,27)(H,28,29). The lowest BCUT2D eigenvalue weighted by molar-refractivity contribution is -0.154. The maximum atomic E-state index is 11.5. The zero-order valence-electron chi connectivity index (χ0n) is 15.5. The molecule has 0 fully saturated rings. The monoisotopic (exact) mass is 385 g/mol. The molecule has 0 aliphatic carbocycles. The normalized spacial score (nSPS) is 11.1. The van der Waals surface area contributed by atoms with E-state index in [1.807, 2.05) is 78.9 Å². The Bertz CT molecular complexity index is 1200. The molecule has 0 spiro atoms. The number of carbonyl (C=O) groups is 2. The number of hydrogen-bond acceptors (Lipinski definition) is 3. The lowest BCUT2D eigenvalue weighted by atomic mass is 9.93. The summed E-state index contributed by atoms with van der Waals surface area (Å²) in [5.74, 6) is -4.20. The summed E-state index contributed by atoms with van der Waals surface area (Å²) in [4.78, 5) is 22.9. The lowest BCUT2D eigenvalue weighted by Crippen LogP contribution is -2.25. The number of fused-ring (bicyclic) bond motifs is 3. The predicted molar refractivity (Wildman–Crippen MR) is 114 cm³/mol. The highest BCUT2D eigenvalue weighted by molar-refractivity contribution is 6.12. The van der Waals surface area contributed by atoms with E-state index in [1.54, 1.807) is 0 Å². The summed E-state index contributed by atoms with van der Waals surface area (Å²) in [7, 11) is 0. The number of nitrogens with one attached hydrogen (secondary N) is 1. The number of hydrogen-bond donors (Lipinski definition) is 3. The Morgan fingerprint density at radius 3 is 2.10 bits per heavy atom. The Hall–Kier alpha value is -3.86. The SMILES string of the molecule is O=C(O)C(Cc1ccc2c(ccc3ccccc32)c1Nc1ccccc1)C(=O)O. The fraction of sp³-hybridized carbons (Fsp3) is 0.0833. The van der Waals surface area contributed by atoms with Crippen LogP contribution in [0.1, 0.15) is 5.56 Å². The van der Waals surface area contributed by atoms with Gasteiger partial charge in [-0.1, -0.05) is 66.7 Å². The topological polar surface area (TPSA) is 86.6 Å². The lowest BCUT2D eigenvalue weighted by Gasteiger charge is -2.18.